The number of rotatable bonds is 6. The second kappa shape index (κ2) is 7.19. The minimum absolute atomic E-state index is 0.0876. The summed E-state index contributed by atoms with van der Waals surface area (Å²) in [4.78, 5) is 14.2. The predicted octanol–water partition coefficient (Wildman–Crippen LogP) is 3.07. The van der Waals surface area contributed by atoms with Gasteiger partial charge in [0.15, 0.2) is 0 Å². The average molecular weight is 249 g/mol. The van der Waals surface area contributed by atoms with Crippen LogP contribution in [0.1, 0.15) is 29.3 Å². The first-order valence-corrected chi connectivity index (χ1v) is 5.57. The molecule has 0 spiro atoms. The number of nitrogens with zero attached hydrogens (tertiary/aromatic N) is 3. The maximum absolute atomic E-state index is 11.5. The molecule has 0 radical (unpaired) electrons. The largest absolute Gasteiger partial charge is 0.494 e. The lowest BCUT2D eigenvalue weighted by atomic mass is 10.1. The Balaban J connectivity index is 3.03. The Morgan fingerprint density at radius 1 is 1.50 bits per heavy atom. The monoisotopic (exact) mass is 249 g/mol. The fourth-order valence-corrected chi connectivity index (χ4v) is 1.43. The van der Waals surface area contributed by atoms with Gasteiger partial charge in [0.1, 0.15) is 5.75 Å². The van der Waals surface area contributed by atoms with Crippen LogP contribution in [-0.4, -0.2) is 19.7 Å². The fourth-order valence-electron chi connectivity index (χ4n) is 1.43. The molecule has 0 unspecified atom stereocenters. The van der Waals surface area contributed by atoms with Crippen molar-refractivity contribution in [3.05, 3.63) is 39.8 Å². The molecule has 6 heteroatoms. The maximum Gasteiger partial charge on any atom is 0.338 e. The maximum atomic E-state index is 11.5. The molecule has 96 valence electrons. The predicted molar refractivity (Wildman–Crippen MR) is 66.4 cm³/mol. The third-order valence-corrected chi connectivity index (χ3v) is 2.26. The van der Waals surface area contributed by atoms with Crippen molar-refractivity contribution in [3.8, 4) is 5.75 Å². The molecule has 0 heterocycles. The smallest absolute Gasteiger partial charge is 0.338 e. The van der Waals surface area contributed by atoms with E-state index in [1.54, 1.807) is 18.2 Å². The van der Waals surface area contributed by atoms with Gasteiger partial charge in [-0.05, 0) is 35.7 Å². The highest BCUT2D eigenvalue weighted by Gasteiger charge is 2.12. The summed E-state index contributed by atoms with van der Waals surface area (Å²) in [7, 11) is 1.31. The Morgan fingerprint density at radius 2 is 2.28 bits per heavy atom. The van der Waals surface area contributed by atoms with Gasteiger partial charge in [0.05, 0.1) is 25.8 Å². The summed E-state index contributed by atoms with van der Waals surface area (Å²) in [5.74, 6) is 0.188. The van der Waals surface area contributed by atoms with Crippen molar-refractivity contribution >= 4 is 5.97 Å². The van der Waals surface area contributed by atoms with Crippen LogP contribution in [0.3, 0.4) is 0 Å². The first kappa shape index (κ1) is 13.9. The van der Waals surface area contributed by atoms with E-state index in [0.717, 1.165) is 6.42 Å². The van der Waals surface area contributed by atoms with E-state index in [-0.39, 0.29) is 6.54 Å². The lowest BCUT2D eigenvalue weighted by Gasteiger charge is -2.09. The highest BCUT2D eigenvalue weighted by molar-refractivity contribution is 5.91. The summed E-state index contributed by atoms with van der Waals surface area (Å²) in [6.45, 7) is 2.69. The molecule has 0 N–H and O–H groups in total. The molecule has 0 fully saturated rings. The number of esters is 1. The van der Waals surface area contributed by atoms with Gasteiger partial charge < -0.3 is 9.47 Å². The number of methoxy groups -OCH3 is 1. The molecule has 1 aromatic carbocycles. The number of carbonyl (C=O) groups is 1. The van der Waals surface area contributed by atoms with E-state index in [0.29, 0.717) is 23.5 Å². The molecular formula is C12H15N3O3. The number of hydrogen-bond acceptors (Lipinski definition) is 4. The number of ether oxygens (including phenoxy) is 2. The molecule has 0 aliphatic carbocycles. The zero-order valence-electron chi connectivity index (χ0n) is 10.4. The summed E-state index contributed by atoms with van der Waals surface area (Å²) in [6.07, 6.45) is 0.893. The van der Waals surface area contributed by atoms with Crippen LogP contribution in [0.15, 0.2) is 23.3 Å². The molecule has 0 aromatic heterocycles. The second-order valence-corrected chi connectivity index (χ2v) is 3.55. The van der Waals surface area contributed by atoms with E-state index in [1.165, 1.54) is 7.11 Å². The SMILES string of the molecule is CCCOc1ccc(C(=O)OC)c(CN=[N+]=[N-])c1. The molecular weight excluding hydrogens is 234 g/mol. The lowest BCUT2D eigenvalue weighted by molar-refractivity contribution is 0.0599. The minimum Gasteiger partial charge on any atom is -0.494 e. The Kier molecular flexibility index (Phi) is 5.54. The quantitative estimate of drug-likeness (QED) is 0.336. The van der Waals surface area contributed by atoms with E-state index < -0.39 is 5.97 Å². The first-order valence-electron chi connectivity index (χ1n) is 5.57. The van der Waals surface area contributed by atoms with E-state index in [2.05, 4.69) is 14.8 Å². The molecule has 0 saturated carbocycles. The standard InChI is InChI=1S/C12H15N3O3/c1-3-6-18-10-4-5-11(12(16)17-2)9(7-10)8-14-15-13/h4-5,7H,3,6,8H2,1-2H3. The number of carbonyl (C=O) groups excluding carboxylic acids is 1. The van der Waals surface area contributed by atoms with Crippen molar-refractivity contribution in [2.75, 3.05) is 13.7 Å². The van der Waals surface area contributed by atoms with Crippen LogP contribution in [-0.2, 0) is 11.3 Å². The molecule has 0 bridgehead atoms. The van der Waals surface area contributed by atoms with Gasteiger partial charge in [0, 0.05) is 4.91 Å². The Bertz CT molecular complexity index is 468. The van der Waals surface area contributed by atoms with Crippen LogP contribution in [0.4, 0.5) is 0 Å². The van der Waals surface area contributed by atoms with Gasteiger partial charge in [0.2, 0.25) is 0 Å². The summed E-state index contributed by atoms with van der Waals surface area (Å²) in [5.41, 5.74) is 9.31. The van der Waals surface area contributed by atoms with Gasteiger partial charge in [0.25, 0.3) is 0 Å². The molecule has 18 heavy (non-hydrogen) atoms. The van der Waals surface area contributed by atoms with Crippen molar-refractivity contribution in [1.29, 1.82) is 0 Å². The van der Waals surface area contributed by atoms with Crippen LogP contribution in [0.25, 0.3) is 10.4 Å². The van der Waals surface area contributed by atoms with Gasteiger partial charge in [-0.25, -0.2) is 4.79 Å². The van der Waals surface area contributed by atoms with Gasteiger partial charge in [-0.15, -0.1) is 0 Å². The molecule has 0 aliphatic rings. The van der Waals surface area contributed by atoms with E-state index in [1.807, 2.05) is 6.92 Å². The fraction of sp³-hybridized carbons (Fsp3) is 0.417. The van der Waals surface area contributed by atoms with E-state index in [4.69, 9.17) is 10.3 Å². The van der Waals surface area contributed by atoms with Crippen LogP contribution in [0.5, 0.6) is 5.75 Å². The first-order chi connectivity index (χ1) is 8.72. The summed E-state index contributed by atoms with van der Waals surface area (Å²) in [6, 6.07) is 5.00. The number of hydrogen-bond donors (Lipinski definition) is 0. The minimum atomic E-state index is -0.458. The van der Waals surface area contributed by atoms with Crippen LogP contribution in [0, 0.1) is 0 Å². The molecule has 1 aromatic rings. The van der Waals surface area contributed by atoms with Gasteiger partial charge in [-0.2, -0.15) is 0 Å². The van der Waals surface area contributed by atoms with Crippen molar-refractivity contribution in [2.45, 2.75) is 19.9 Å². The van der Waals surface area contributed by atoms with Crippen LogP contribution in [0.2, 0.25) is 0 Å². The summed E-state index contributed by atoms with van der Waals surface area (Å²) >= 11 is 0. The number of azide groups is 1. The molecule has 0 saturated heterocycles. The molecule has 1 rings (SSSR count). The highest BCUT2D eigenvalue weighted by Crippen LogP contribution is 2.20. The van der Waals surface area contributed by atoms with Crippen LogP contribution < -0.4 is 4.74 Å². The molecule has 0 atom stereocenters. The Labute approximate surface area is 105 Å². The van der Waals surface area contributed by atoms with Gasteiger partial charge >= 0.3 is 5.97 Å². The highest BCUT2D eigenvalue weighted by atomic mass is 16.5. The van der Waals surface area contributed by atoms with E-state index >= 15 is 0 Å². The molecule has 6 nitrogen and oxygen atoms in total. The van der Waals surface area contributed by atoms with E-state index in [9.17, 15) is 4.79 Å². The van der Waals surface area contributed by atoms with Crippen molar-refractivity contribution in [3.63, 3.8) is 0 Å². The van der Waals surface area contributed by atoms with Gasteiger partial charge in [-0.3, -0.25) is 0 Å². The second-order valence-electron chi connectivity index (χ2n) is 3.55. The van der Waals surface area contributed by atoms with Crippen LogP contribution >= 0.6 is 0 Å². The summed E-state index contributed by atoms with van der Waals surface area (Å²) < 4.78 is 10.1. The van der Waals surface area contributed by atoms with Crippen molar-refractivity contribution in [2.24, 2.45) is 5.11 Å². The van der Waals surface area contributed by atoms with Crippen molar-refractivity contribution in [1.82, 2.24) is 0 Å². The normalized spacial score (nSPS) is 9.44. The zero-order chi connectivity index (χ0) is 13.4. The lowest BCUT2D eigenvalue weighted by Crippen LogP contribution is -2.06. The third kappa shape index (κ3) is 3.68. The zero-order valence-corrected chi connectivity index (χ0v) is 10.4. The Hall–Kier alpha value is -2.20. The van der Waals surface area contributed by atoms with Gasteiger partial charge in [-0.1, -0.05) is 12.0 Å². The third-order valence-electron chi connectivity index (χ3n) is 2.26. The summed E-state index contributed by atoms with van der Waals surface area (Å²) in [5, 5.41) is 3.46. The van der Waals surface area contributed by atoms with Crippen molar-refractivity contribution < 1.29 is 14.3 Å². The molecule has 0 amide bonds. The molecule has 0 aliphatic heterocycles. The topological polar surface area (TPSA) is 84.3 Å². The average Bonchev–Trinajstić information content (AvgIpc) is 2.42. The number of benzene rings is 1. The Morgan fingerprint density at radius 3 is 2.89 bits per heavy atom.